The fourth-order valence-corrected chi connectivity index (χ4v) is 3.79. The highest BCUT2D eigenvalue weighted by molar-refractivity contribution is 6.05. The molecule has 2 aromatic carbocycles. The van der Waals surface area contributed by atoms with Crippen LogP contribution in [0.2, 0.25) is 0 Å². The Bertz CT molecular complexity index is 957. The summed E-state index contributed by atoms with van der Waals surface area (Å²) in [6.07, 6.45) is 6.26. The zero-order chi connectivity index (χ0) is 20.8. The second-order valence-corrected chi connectivity index (χ2v) is 7.25. The van der Waals surface area contributed by atoms with Gasteiger partial charge in [0.2, 0.25) is 0 Å². The third-order valence-corrected chi connectivity index (χ3v) is 5.44. The molecule has 0 unspecified atom stereocenters. The van der Waals surface area contributed by atoms with Crippen LogP contribution in [0.3, 0.4) is 0 Å². The van der Waals surface area contributed by atoms with Crippen LogP contribution in [0, 0.1) is 6.92 Å². The van der Waals surface area contributed by atoms with Gasteiger partial charge in [0, 0.05) is 29.4 Å². The number of rotatable bonds is 6. The summed E-state index contributed by atoms with van der Waals surface area (Å²) in [6.45, 7) is 8.04. The van der Waals surface area contributed by atoms with Crippen molar-refractivity contribution in [2.75, 3.05) is 25.5 Å². The van der Waals surface area contributed by atoms with Crippen molar-refractivity contribution >= 4 is 22.7 Å². The topological polar surface area (TPSA) is 50.4 Å². The van der Waals surface area contributed by atoms with Gasteiger partial charge >= 0.3 is 0 Å². The first kappa shape index (κ1) is 20.9. The van der Waals surface area contributed by atoms with Gasteiger partial charge in [0.15, 0.2) is 0 Å². The first-order chi connectivity index (χ1) is 14.1. The quantitative estimate of drug-likeness (QED) is 0.690. The smallest absolute Gasteiger partial charge is 0.255 e. The molecular weight excluding hydrogens is 360 g/mol. The molecule has 1 aliphatic heterocycles. The van der Waals surface area contributed by atoms with Crippen molar-refractivity contribution in [2.24, 2.45) is 0 Å². The number of carbonyl (C=O) groups is 1. The fraction of sp³-hybridized carbons (Fsp3) is 0.320. The van der Waals surface area contributed by atoms with Crippen LogP contribution in [-0.4, -0.2) is 26.1 Å². The molecule has 0 spiro atoms. The third kappa shape index (κ3) is 4.77. The summed E-state index contributed by atoms with van der Waals surface area (Å²) >= 11 is 0. The van der Waals surface area contributed by atoms with Crippen molar-refractivity contribution in [1.29, 1.82) is 0 Å². The molecule has 29 heavy (non-hydrogen) atoms. The normalized spacial score (nSPS) is 14.3. The Labute approximate surface area is 173 Å². The highest BCUT2D eigenvalue weighted by atomic mass is 16.5. The van der Waals surface area contributed by atoms with Crippen molar-refractivity contribution < 1.29 is 9.53 Å². The van der Waals surface area contributed by atoms with E-state index in [4.69, 9.17) is 4.74 Å². The lowest BCUT2D eigenvalue weighted by molar-refractivity contribution is 0.102. The average Bonchev–Trinajstić information content (AvgIpc) is 2.75. The van der Waals surface area contributed by atoms with E-state index in [1.165, 1.54) is 16.7 Å². The summed E-state index contributed by atoms with van der Waals surface area (Å²) in [5.41, 5.74) is 7.22. The summed E-state index contributed by atoms with van der Waals surface area (Å²) in [4.78, 5) is 12.9. The molecule has 0 aliphatic carbocycles. The van der Waals surface area contributed by atoms with Gasteiger partial charge in [-0.1, -0.05) is 31.2 Å². The van der Waals surface area contributed by atoms with E-state index in [1.807, 2.05) is 44.2 Å². The molecule has 2 N–H and O–H groups in total. The molecule has 1 heterocycles. The number of aryl methyl sites for hydroxylation is 1. The van der Waals surface area contributed by atoms with E-state index in [0.29, 0.717) is 5.56 Å². The summed E-state index contributed by atoms with van der Waals surface area (Å²) in [6, 6.07) is 11.9. The largest absolute Gasteiger partial charge is 0.496 e. The average molecular weight is 391 g/mol. The van der Waals surface area contributed by atoms with Crippen LogP contribution in [0.4, 0.5) is 5.69 Å². The van der Waals surface area contributed by atoms with Gasteiger partial charge < -0.3 is 15.4 Å². The highest BCUT2D eigenvalue weighted by Crippen LogP contribution is 2.31. The van der Waals surface area contributed by atoms with E-state index >= 15 is 0 Å². The molecule has 0 radical (unpaired) electrons. The van der Waals surface area contributed by atoms with Gasteiger partial charge in [-0.2, -0.15) is 0 Å². The summed E-state index contributed by atoms with van der Waals surface area (Å²) < 4.78 is 5.56. The number of nitrogens with one attached hydrogen (secondary N) is 2. The van der Waals surface area contributed by atoms with Gasteiger partial charge in [0.1, 0.15) is 5.75 Å². The minimum absolute atomic E-state index is 0.107. The minimum atomic E-state index is -0.107. The number of anilines is 1. The predicted molar refractivity (Wildman–Crippen MR) is 122 cm³/mol. The first-order valence-corrected chi connectivity index (χ1v) is 10.2. The molecule has 0 bridgehead atoms. The Balaban J connectivity index is 1.80. The standard InChI is InChI=1S/C25H30N2O2/c1-5-18(6-2)23-10-8-21(16-24(23)29-4)27-25(28)22-9-7-20(15-17(22)3)19-11-13-26-14-12-19/h5,7-11,15-16,26H,6,12-14H2,1-4H3,(H,27,28)/b18-5+. The number of hydrogen-bond donors (Lipinski definition) is 2. The third-order valence-electron chi connectivity index (χ3n) is 5.44. The molecule has 1 amide bonds. The molecule has 0 saturated carbocycles. The first-order valence-electron chi connectivity index (χ1n) is 10.2. The van der Waals surface area contributed by atoms with Gasteiger partial charge in [-0.15, -0.1) is 0 Å². The summed E-state index contributed by atoms with van der Waals surface area (Å²) in [5.74, 6) is 0.660. The minimum Gasteiger partial charge on any atom is -0.496 e. The number of methoxy groups -OCH3 is 1. The van der Waals surface area contributed by atoms with E-state index in [1.54, 1.807) is 7.11 Å². The second-order valence-electron chi connectivity index (χ2n) is 7.25. The van der Waals surface area contributed by atoms with Crippen LogP contribution < -0.4 is 15.4 Å². The highest BCUT2D eigenvalue weighted by Gasteiger charge is 2.14. The molecule has 0 aromatic heterocycles. The number of allylic oxidation sites excluding steroid dienone is 2. The summed E-state index contributed by atoms with van der Waals surface area (Å²) in [5, 5.41) is 6.34. The molecule has 0 atom stereocenters. The SMILES string of the molecule is C/C=C(\CC)c1ccc(NC(=O)c2ccc(C3=CCNCC3)cc2C)cc1OC. The Kier molecular flexibility index (Phi) is 6.89. The molecule has 2 aromatic rings. The van der Waals surface area contributed by atoms with Crippen LogP contribution in [0.5, 0.6) is 5.75 Å². The number of carbonyl (C=O) groups excluding carboxylic acids is 1. The van der Waals surface area contributed by atoms with Gasteiger partial charge in [-0.25, -0.2) is 0 Å². The Morgan fingerprint density at radius 2 is 2.00 bits per heavy atom. The van der Waals surface area contributed by atoms with Gasteiger partial charge in [-0.05, 0) is 73.7 Å². The van der Waals surface area contributed by atoms with E-state index in [-0.39, 0.29) is 5.91 Å². The Morgan fingerprint density at radius 1 is 1.21 bits per heavy atom. The lowest BCUT2D eigenvalue weighted by atomic mass is 9.96. The molecule has 4 heteroatoms. The Hall–Kier alpha value is -2.85. The predicted octanol–water partition coefficient (Wildman–Crippen LogP) is 5.45. The molecule has 152 valence electrons. The molecule has 3 rings (SSSR count). The lowest BCUT2D eigenvalue weighted by Gasteiger charge is -2.16. The van der Waals surface area contributed by atoms with Crippen molar-refractivity contribution in [3.8, 4) is 5.75 Å². The number of benzene rings is 2. The zero-order valence-corrected chi connectivity index (χ0v) is 17.8. The number of amides is 1. The van der Waals surface area contributed by atoms with Crippen molar-refractivity contribution in [3.05, 3.63) is 70.8 Å². The molecule has 0 saturated heterocycles. The number of ether oxygens (including phenoxy) is 1. The van der Waals surface area contributed by atoms with Gasteiger partial charge in [-0.3, -0.25) is 4.79 Å². The summed E-state index contributed by atoms with van der Waals surface area (Å²) in [7, 11) is 1.66. The van der Waals surface area contributed by atoms with Crippen molar-refractivity contribution in [3.63, 3.8) is 0 Å². The zero-order valence-electron chi connectivity index (χ0n) is 17.8. The second kappa shape index (κ2) is 9.57. The molecule has 0 fully saturated rings. The van der Waals surface area contributed by atoms with Crippen molar-refractivity contribution in [1.82, 2.24) is 5.32 Å². The van der Waals surface area contributed by atoms with Gasteiger partial charge in [0.05, 0.1) is 7.11 Å². The van der Waals surface area contributed by atoms with E-state index in [0.717, 1.165) is 48.5 Å². The van der Waals surface area contributed by atoms with Crippen molar-refractivity contribution in [2.45, 2.75) is 33.6 Å². The monoisotopic (exact) mass is 390 g/mol. The van der Waals surface area contributed by atoms with Crippen LogP contribution in [-0.2, 0) is 0 Å². The van der Waals surface area contributed by atoms with E-state index < -0.39 is 0 Å². The van der Waals surface area contributed by atoms with E-state index in [2.05, 4.69) is 35.8 Å². The van der Waals surface area contributed by atoms with Crippen LogP contribution in [0.25, 0.3) is 11.1 Å². The molecule has 1 aliphatic rings. The number of hydrogen-bond acceptors (Lipinski definition) is 3. The Morgan fingerprint density at radius 3 is 2.62 bits per heavy atom. The molecule has 4 nitrogen and oxygen atoms in total. The lowest BCUT2D eigenvalue weighted by Crippen LogP contribution is -2.20. The molecular formula is C25H30N2O2. The van der Waals surface area contributed by atoms with Gasteiger partial charge in [0.25, 0.3) is 5.91 Å². The van der Waals surface area contributed by atoms with Crippen LogP contribution >= 0.6 is 0 Å². The maximum absolute atomic E-state index is 12.9. The van der Waals surface area contributed by atoms with E-state index in [9.17, 15) is 4.79 Å². The van der Waals surface area contributed by atoms with Crippen LogP contribution in [0.15, 0.2) is 48.6 Å². The van der Waals surface area contributed by atoms with Crippen LogP contribution in [0.1, 0.15) is 53.7 Å². The fourth-order valence-electron chi connectivity index (χ4n) is 3.79. The maximum Gasteiger partial charge on any atom is 0.255 e. The maximum atomic E-state index is 12.9.